The van der Waals surface area contributed by atoms with Crippen molar-refractivity contribution < 1.29 is 8.42 Å². The van der Waals surface area contributed by atoms with Crippen molar-refractivity contribution in [2.75, 3.05) is 6.54 Å². The van der Waals surface area contributed by atoms with Crippen LogP contribution in [0, 0.1) is 0 Å². The molecule has 0 saturated carbocycles. The van der Waals surface area contributed by atoms with E-state index in [0.29, 0.717) is 5.82 Å². The Morgan fingerprint density at radius 3 is 2.33 bits per heavy atom. The molecule has 0 amide bonds. The molecule has 1 heterocycles. The number of aryl methyl sites for hydroxylation is 1. The van der Waals surface area contributed by atoms with Gasteiger partial charge < -0.3 is 0 Å². The minimum Gasteiger partial charge on any atom is -0.278 e. The fraction of sp³-hybridized carbons (Fsp3) is 0.263. The predicted molar refractivity (Wildman–Crippen MR) is 104 cm³/mol. The lowest BCUT2D eigenvalue weighted by Gasteiger charge is -2.07. The molecule has 0 atom stereocenters. The summed E-state index contributed by atoms with van der Waals surface area (Å²) in [5.41, 5.74) is 1.61. The first kappa shape index (κ1) is 19.1. The zero-order valence-corrected chi connectivity index (χ0v) is 16.1. The standard InChI is InChI=1S/C19H22N4O3S/c1-3-15-9-11-17(12-10-15)27(25,26)20-13-14-23-19(24)22(2)18(21-23)16-7-5-4-6-8-16/h4-12,20H,3,13-14H2,1-2H3. The molecule has 0 spiro atoms. The lowest BCUT2D eigenvalue weighted by molar-refractivity contribution is 0.551. The van der Waals surface area contributed by atoms with Crippen LogP contribution in [0.15, 0.2) is 64.3 Å². The van der Waals surface area contributed by atoms with Crippen LogP contribution in [0.4, 0.5) is 0 Å². The van der Waals surface area contributed by atoms with Crippen molar-refractivity contribution in [1.82, 2.24) is 19.1 Å². The third-order valence-corrected chi connectivity index (χ3v) is 5.81. The molecule has 0 aliphatic heterocycles. The van der Waals surface area contributed by atoms with Crippen molar-refractivity contribution >= 4 is 10.0 Å². The summed E-state index contributed by atoms with van der Waals surface area (Å²) >= 11 is 0. The van der Waals surface area contributed by atoms with Crippen molar-refractivity contribution in [3.05, 3.63) is 70.6 Å². The van der Waals surface area contributed by atoms with Crippen LogP contribution >= 0.6 is 0 Å². The highest BCUT2D eigenvalue weighted by Crippen LogP contribution is 2.14. The maximum atomic E-state index is 12.4. The Labute approximate surface area is 158 Å². The number of hydrogen-bond acceptors (Lipinski definition) is 4. The number of hydrogen-bond donors (Lipinski definition) is 1. The molecule has 1 aromatic heterocycles. The number of benzene rings is 2. The second-order valence-corrected chi connectivity index (χ2v) is 7.92. The van der Waals surface area contributed by atoms with Crippen LogP contribution < -0.4 is 10.4 Å². The predicted octanol–water partition coefficient (Wildman–Crippen LogP) is 1.79. The summed E-state index contributed by atoms with van der Waals surface area (Å²) in [6.07, 6.45) is 0.847. The Bertz CT molecular complexity index is 1070. The highest BCUT2D eigenvalue weighted by atomic mass is 32.2. The highest BCUT2D eigenvalue weighted by Gasteiger charge is 2.15. The van der Waals surface area contributed by atoms with Crippen LogP contribution in [-0.2, 0) is 30.0 Å². The zero-order chi connectivity index (χ0) is 19.4. The molecule has 2 aromatic carbocycles. The van der Waals surface area contributed by atoms with E-state index in [1.165, 1.54) is 9.25 Å². The van der Waals surface area contributed by atoms with Gasteiger partial charge in [0.25, 0.3) is 0 Å². The molecule has 0 aliphatic carbocycles. The molecule has 0 radical (unpaired) electrons. The lowest BCUT2D eigenvalue weighted by atomic mass is 10.2. The Hall–Kier alpha value is -2.71. The molecule has 0 aliphatic rings. The molecule has 142 valence electrons. The van der Waals surface area contributed by atoms with Crippen LogP contribution in [0.1, 0.15) is 12.5 Å². The van der Waals surface area contributed by atoms with Crippen molar-refractivity contribution in [3.63, 3.8) is 0 Å². The Morgan fingerprint density at radius 1 is 1.04 bits per heavy atom. The number of rotatable bonds is 7. The van der Waals surface area contributed by atoms with E-state index < -0.39 is 10.0 Å². The van der Waals surface area contributed by atoms with Crippen molar-refractivity contribution in [1.29, 1.82) is 0 Å². The van der Waals surface area contributed by atoms with E-state index in [9.17, 15) is 13.2 Å². The molecular weight excluding hydrogens is 364 g/mol. The van der Waals surface area contributed by atoms with Gasteiger partial charge >= 0.3 is 5.69 Å². The summed E-state index contributed by atoms with van der Waals surface area (Å²) in [6.45, 7) is 2.23. The summed E-state index contributed by atoms with van der Waals surface area (Å²) in [6, 6.07) is 16.1. The van der Waals surface area contributed by atoms with E-state index >= 15 is 0 Å². The summed E-state index contributed by atoms with van der Waals surface area (Å²) in [5.74, 6) is 0.540. The summed E-state index contributed by atoms with van der Waals surface area (Å²) < 4.78 is 30.0. The molecule has 27 heavy (non-hydrogen) atoms. The van der Waals surface area contributed by atoms with Crippen molar-refractivity contribution in [2.24, 2.45) is 7.05 Å². The largest absolute Gasteiger partial charge is 0.345 e. The van der Waals surface area contributed by atoms with Crippen LogP contribution in [0.5, 0.6) is 0 Å². The summed E-state index contributed by atoms with van der Waals surface area (Å²) in [7, 11) is -1.98. The first-order valence-corrected chi connectivity index (χ1v) is 10.2. The van der Waals surface area contributed by atoms with Gasteiger partial charge in [0, 0.05) is 19.2 Å². The topological polar surface area (TPSA) is 86.0 Å². The maximum absolute atomic E-state index is 12.4. The molecule has 0 bridgehead atoms. The van der Waals surface area contributed by atoms with E-state index in [0.717, 1.165) is 17.5 Å². The number of nitrogens with zero attached hydrogens (tertiary/aromatic N) is 3. The fourth-order valence-corrected chi connectivity index (χ4v) is 3.77. The quantitative estimate of drug-likeness (QED) is 0.671. The van der Waals surface area contributed by atoms with Crippen LogP contribution in [-0.4, -0.2) is 29.3 Å². The van der Waals surface area contributed by atoms with E-state index in [2.05, 4.69) is 9.82 Å². The minimum absolute atomic E-state index is 0.0724. The SMILES string of the molecule is CCc1ccc(S(=O)(=O)NCCn2nc(-c3ccccc3)n(C)c2=O)cc1. The van der Waals surface area contributed by atoms with Gasteiger partial charge in [-0.3, -0.25) is 4.57 Å². The van der Waals surface area contributed by atoms with Gasteiger partial charge in [-0.1, -0.05) is 49.4 Å². The summed E-state index contributed by atoms with van der Waals surface area (Å²) in [4.78, 5) is 12.6. The van der Waals surface area contributed by atoms with E-state index in [-0.39, 0.29) is 23.7 Å². The third-order valence-electron chi connectivity index (χ3n) is 4.33. The van der Waals surface area contributed by atoms with Gasteiger partial charge in [0.15, 0.2) is 5.82 Å². The normalized spacial score (nSPS) is 11.6. The smallest absolute Gasteiger partial charge is 0.278 e. The third kappa shape index (κ3) is 4.17. The minimum atomic E-state index is -3.62. The Morgan fingerprint density at radius 2 is 1.70 bits per heavy atom. The van der Waals surface area contributed by atoms with Crippen LogP contribution in [0.3, 0.4) is 0 Å². The average molecular weight is 386 g/mol. The van der Waals surface area contributed by atoms with Gasteiger partial charge in [0.1, 0.15) is 0 Å². The van der Waals surface area contributed by atoms with Crippen LogP contribution in [0.25, 0.3) is 11.4 Å². The maximum Gasteiger partial charge on any atom is 0.345 e. The zero-order valence-electron chi connectivity index (χ0n) is 15.3. The van der Waals surface area contributed by atoms with Gasteiger partial charge in [0.05, 0.1) is 11.4 Å². The average Bonchev–Trinajstić information content (AvgIpc) is 2.97. The highest BCUT2D eigenvalue weighted by molar-refractivity contribution is 7.89. The second kappa shape index (κ2) is 7.89. The Balaban J connectivity index is 1.71. The van der Waals surface area contributed by atoms with Crippen molar-refractivity contribution in [3.8, 4) is 11.4 Å². The molecule has 0 fully saturated rings. The molecule has 0 unspecified atom stereocenters. The fourth-order valence-electron chi connectivity index (χ4n) is 2.75. The first-order valence-electron chi connectivity index (χ1n) is 8.70. The van der Waals surface area contributed by atoms with Crippen molar-refractivity contribution in [2.45, 2.75) is 24.8 Å². The molecule has 0 saturated heterocycles. The monoisotopic (exact) mass is 386 g/mol. The molecular formula is C19H22N4O3S. The molecule has 1 N–H and O–H groups in total. The van der Waals surface area contributed by atoms with Gasteiger partial charge in [-0.05, 0) is 24.1 Å². The van der Waals surface area contributed by atoms with E-state index in [1.54, 1.807) is 31.3 Å². The van der Waals surface area contributed by atoms with Crippen LogP contribution in [0.2, 0.25) is 0 Å². The van der Waals surface area contributed by atoms with E-state index in [1.807, 2.05) is 37.3 Å². The molecule has 3 rings (SSSR count). The summed E-state index contributed by atoms with van der Waals surface area (Å²) in [5, 5.41) is 4.33. The Kier molecular flexibility index (Phi) is 5.57. The first-order chi connectivity index (χ1) is 12.9. The second-order valence-electron chi connectivity index (χ2n) is 6.15. The number of aromatic nitrogens is 3. The van der Waals surface area contributed by atoms with Gasteiger partial charge in [-0.2, -0.15) is 0 Å². The lowest BCUT2D eigenvalue weighted by Crippen LogP contribution is -2.31. The van der Waals surface area contributed by atoms with Gasteiger partial charge in [-0.25, -0.2) is 22.6 Å². The molecule has 3 aromatic rings. The number of nitrogens with one attached hydrogen (secondary N) is 1. The molecule has 7 nitrogen and oxygen atoms in total. The number of sulfonamides is 1. The van der Waals surface area contributed by atoms with Gasteiger partial charge in [0.2, 0.25) is 10.0 Å². The molecule has 8 heteroatoms. The van der Waals surface area contributed by atoms with E-state index in [4.69, 9.17) is 0 Å². The van der Waals surface area contributed by atoms with Gasteiger partial charge in [-0.15, -0.1) is 5.10 Å².